The first kappa shape index (κ1) is 22.5. The molecule has 0 aliphatic heterocycles. The van der Waals surface area contributed by atoms with Crippen LogP contribution in [0.15, 0.2) is 59.6 Å². The summed E-state index contributed by atoms with van der Waals surface area (Å²) >= 11 is 5.94. The SMILES string of the molecule is CCN(C(=O)C(C)(C)C)c1ccc(C2(S(=O)(=O)c3ccc(Cl)cc3)CC=CC2)cn1. The minimum absolute atomic E-state index is 0.0312. The smallest absolute Gasteiger partial charge is 0.233 e. The highest BCUT2D eigenvalue weighted by atomic mass is 35.5. The molecule has 0 saturated heterocycles. The number of carbonyl (C=O) groups is 1. The van der Waals surface area contributed by atoms with Crippen molar-refractivity contribution in [2.24, 2.45) is 5.41 Å². The highest BCUT2D eigenvalue weighted by molar-refractivity contribution is 7.92. The fourth-order valence-electron chi connectivity index (χ4n) is 3.71. The molecule has 0 radical (unpaired) electrons. The lowest BCUT2D eigenvalue weighted by Gasteiger charge is -2.31. The normalized spacial score (nSPS) is 15.9. The van der Waals surface area contributed by atoms with E-state index >= 15 is 0 Å². The number of sulfone groups is 1. The van der Waals surface area contributed by atoms with E-state index in [2.05, 4.69) is 4.98 Å². The van der Waals surface area contributed by atoms with Gasteiger partial charge in [0, 0.05) is 23.2 Å². The van der Waals surface area contributed by atoms with Gasteiger partial charge in [-0.25, -0.2) is 13.4 Å². The van der Waals surface area contributed by atoms with Crippen LogP contribution >= 0.6 is 11.6 Å². The average molecular weight is 447 g/mol. The molecule has 30 heavy (non-hydrogen) atoms. The Balaban J connectivity index is 2.02. The molecule has 3 rings (SSSR count). The Hall–Kier alpha value is -2.18. The molecule has 0 fully saturated rings. The summed E-state index contributed by atoms with van der Waals surface area (Å²) in [5.74, 6) is 0.488. The number of anilines is 1. The molecule has 2 aromatic rings. The number of hydrogen-bond donors (Lipinski definition) is 0. The number of allylic oxidation sites excluding steroid dienone is 2. The van der Waals surface area contributed by atoms with Gasteiger partial charge in [0.25, 0.3) is 0 Å². The van der Waals surface area contributed by atoms with E-state index < -0.39 is 20.0 Å². The van der Waals surface area contributed by atoms with Gasteiger partial charge in [-0.1, -0.05) is 50.6 Å². The van der Waals surface area contributed by atoms with Crippen molar-refractivity contribution in [3.8, 4) is 0 Å². The first-order valence-electron chi connectivity index (χ1n) is 9.96. The van der Waals surface area contributed by atoms with E-state index in [1.807, 2.05) is 39.8 Å². The van der Waals surface area contributed by atoms with Crippen molar-refractivity contribution in [1.82, 2.24) is 4.98 Å². The topological polar surface area (TPSA) is 67.3 Å². The molecule has 0 bridgehead atoms. The molecular formula is C23H27ClN2O3S. The van der Waals surface area contributed by atoms with Crippen LogP contribution in [0.4, 0.5) is 5.82 Å². The molecule has 1 amide bonds. The lowest BCUT2D eigenvalue weighted by molar-refractivity contribution is -0.125. The van der Waals surface area contributed by atoms with Crippen LogP contribution in [0.2, 0.25) is 5.02 Å². The molecule has 0 unspecified atom stereocenters. The van der Waals surface area contributed by atoms with Crippen LogP contribution in [0, 0.1) is 5.41 Å². The van der Waals surface area contributed by atoms with Gasteiger partial charge in [0.1, 0.15) is 10.6 Å². The second-order valence-corrected chi connectivity index (χ2v) is 11.2. The summed E-state index contributed by atoms with van der Waals surface area (Å²) in [6, 6.07) is 9.77. The van der Waals surface area contributed by atoms with Crippen LogP contribution in [0.25, 0.3) is 0 Å². The van der Waals surface area contributed by atoms with E-state index in [0.717, 1.165) is 0 Å². The molecule has 1 aromatic carbocycles. The maximum Gasteiger partial charge on any atom is 0.233 e. The summed E-state index contributed by atoms with van der Waals surface area (Å²) < 4.78 is 26.1. The van der Waals surface area contributed by atoms with Crippen LogP contribution in [0.1, 0.15) is 46.1 Å². The Morgan fingerprint density at radius 2 is 1.70 bits per heavy atom. The molecule has 1 aliphatic rings. The van der Waals surface area contributed by atoms with Crippen molar-refractivity contribution in [3.05, 3.63) is 65.3 Å². The third-order valence-electron chi connectivity index (χ3n) is 5.45. The van der Waals surface area contributed by atoms with Crippen molar-refractivity contribution < 1.29 is 13.2 Å². The van der Waals surface area contributed by atoms with Gasteiger partial charge in [-0.15, -0.1) is 0 Å². The third-order valence-corrected chi connectivity index (χ3v) is 8.20. The van der Waals surface area contributed by atoms with Crippen LogP contribution in [0.3, 0.4) is 0 Å². The fraction of sp³-hybridized carbons (Fsp3) is 0.391. The van der Waals surface area contributed by atoms with Crippen LogP contribution in [-0.4, -0.2) is 25.9 Å². The second kappa shape index (κ2) is 8.16. The van der Waals surface area contributed by atoms with Gasteiger partial charge in [-0.3, -0.25) is 9.69 Å². The summed E-state index contributed by atoms with van der Waals surface area (Å²) in [7, 11) is -3.69. The van der Waals surface area contributed by atoms with E-state index in [9.17, 15) is 13.2 Å². The summed E-state index contributed by atoms with van der Waals surface area (Å²) in [6.07, 6.45) is 6.12. The van der Waals surface area contributed by atoms with Crippen LogP contribution in [0.5, 0.6) is 0 Å². The number of benzene rings is 1. The molecule has 7 heteroatoms. The minimum Gasteiger partial charge on any atom is -0.297 e. The zero-order chi connectivity index (χ0) is 22.2. The quantitative estimate of drug-likeness (QED) is 0.595. The summed E-state index contributed by atoms with van der Waals surface area (Å²) in [5, 5.41) is 0.488. The summed E-state index contributed by atoms with van der Waals surface area (Å²) in [5.41, 5.74) is 0.0793. The van der Waals surface area contributed by atoms with Gasteiger partial charge in [-0.2, -0.15) is 0 Å². The van der Waals surface area contributed by atoms with Crippen LogP contribution < -0.4 is 4.90 Å². The number of halogens is 1. The number of amides is 1. The molecular weight excluding hydrogens is 420 g/mol. The second-order valence-electron chi connectivity index (χ2n) is 8.54. The highest BCUT2D eigenvalue weighted by Gasteiger charge is 2.47. The monoisotopic (exact) mass is 446 g/mol. The third kappa shape index (κ3) is 3.91. The van der Waals surface area contributed by atoms with Crippen molar-refractivity contribution in [1.29, 1.82) is 0 Å². The highest BCUT2D eigenvalue weighted by Crippen LogP contribution is 2.45. The molecule has 0 spiro atoms. The van der Waals surface area contributed by atoms with Gasteiger partial charge in [0.05, 0.1) is 4.90 Å². The molecule has 0 atom stereocenters. The minimum atomic E-state index is -3.69. The molecule has 160 valence electrons. The predicted octanol–water partition coefficient (Wildman–Crippen LogP) is 5.15. The molecule has 1 heterocycles. The predicted molar refractivity (Wildman–Crippen MR) is 120 cm³/mol. The lowest BCUT2D eigenvalue weighted by atomic mass is 9.94. The Labute approximate surface area is 183 Å². The number of nitrogens with zero attached hydrogens (tertiary/aromatic N) is 2. The Kier molecular flexibility index (Phi) is 6.12. The maximum atomic E-state index is 13.6. The van der Waals surface area contributed by atoms with Crippen molar-refractivity contribution in [3.63, 3.8) is 0 Å². The molecule has 1 aromatic heterocycles. The summed E-state index contributed by atoms with van der Waals surface area (Å²) in [4.78, 5) is 19.1. The summed E-state index contributed by atoms with van der Waals surface area (Å²) in [6.45, 7) is 7.98. The first-order valence-corrected chi connectivity index (χ1v) is 11.8. The maximum absolute atomic E-state index is 13.6. The Bertz CT molecular complexity index is 1050. The number of rotatable bonds is 5. The van der Waals surface area contributed by atoms with Crippen molar-refractivity contribution in [2.75, 3.05) is 11.4 Å². The Morgan fingerprint density at radius 3 is 2.17 bits per heavy atom. The number of pyridine rings is 1. The zero-order valence-electron chi connectivity index (χ0n) is 17.7. The number of aromatic nitrogens is 1. The molecule has 0 saturated carbocycles. The van der Waals surface area contributed by atoms with E-state index in [1.54, 1.807) is 47.5 Å². The van der Waals surface area contributed by atoms with Gasteiger partial charge in [0.15, 0.2) is 9.84 Å². The molecule has 0 N–H and O–H groups in total. The first-order chi connectivity index (χ1) is 14.0. The van der Waals surface area contributed by atoms with E-state index in [-0.39, 0.29) is 10.8 Å². The number of carbonyl (C=O) groups excluding carboxylic acids is 1. The Morgan fingerprint density at radius 1 is 1.10 bits per heavy atom. The zero-order valence-corrected chi connectivity index (χ0v) is 19.3. The van der Waals surface area contributed by atoms with E-state index in [1.165, 1.54) is 0 Å². The number of hydrogen-bond acceptors (Lipinski definition) is 4. The van der Waals surface area contributed by atoms with Gasteiger partial charge in [-0.05, 0) is 55.7 Å². The van der Waals surface area contributed by atoms with Crippen molar-refractivity contribution >= 4 is 33.2 Å². The fourth-order valence-corrected chi connectivity index (χ4v) is 5.84. The van der Waals surface area contributed by atoms with E-state index in [0.29, 0.717) is 35.8 Å². The average Bonchev–Trinajstić information content (AvgIpc) is 3.20. The van der Waals surface area contributed by atoms with Gasteiger partial charge < -0.3 is 0 Å². The molecule has 1 aliphatic carbocycles. The molecule has 5 nitrogen and oxygen atoms in total. The van der Waals surface area contributed by atoms with E-state index in [4.69, 9.17) is 11.6 Å². The van der Waals surface area contributed by atoms with Gasteiger partial charge in [0.2, 0.25) is 5.91 Å². The largest absolute Gasteiger partial charge is 0.297 e. The van der Waals surface area contributed by atoms with Crippen LogP contribution in [-0.2, 0) is 19.4 Å². The van der Waals surface area contributed by atoms with Gasteiger partial charge >= 0.3 is 0 Å². The lowest BCUT2D eigenvalue weighted by Crippen LogP contribution is -2.40. The standard InChI is InChI=1S/C23H27ClN2O3S/c1-5-26(21(27)22(2,3)4)20-13-8-17(16-25-20)23(14-6-7-15-23)30(28,29)19-11-9-18(24)10-12-19/h6-13,16H,5,14-15H2,1-4H3. The van der Waals surface area contributed by atoms with Crippen molar-refractivity contribution in [2.45, 2.75) is 50.2 Å².